The standard InChI is InChI=1S/C17H17N3O3/c1-11-3-2-4-12(9-11)19-17(23)20-8-6-15-14(10-20)13(16(21)22)5-7-18-15/h2-5,7,9H,6,8,10H2,1H3,(H,19,23)(H,21,22). The maximum atomic E-state index is 12.4. The van der Waals surface area contributed by atoms with Gasteiger partial charge in [-0.05, 0) is 30.7 Å². The summed E-state index contributed by atoms with van der Waals surface area (Å²) in [7, 11) is 0. The zero-order valence-corrected chi connectivity index (χ0v) is 12.7. The van der Waals surface area contributed by atoms with Crippen molar-refractivity contribution in [3.8, 4) is 0 Å². The molecule has 1 aliphatic heterocycles. The lowest BCUT2D eigenvalue weighted by Crippen LogP contribution is -2.39. The highest BCUT2D eigenvalue weighted by atomic mass is 16.4. The van der Waals surface area contributed by atoms with Gasteiger partial charge in [-0.1, -0.05) is 12.1 Å². The lowest BCUT2D eigenvalue weighted by molar-refractivity contribution is 0.0693. The maximum Gasteiger partial charge on any atom is 0.336 e. The molecule has 0 saturated heterocycles. The van der Waals surface area contributed by atoms with Crippen LogP contribution in [0.5, 0.6) is 0 Å². The average molecular weight is 311 g/mol. The van der Waals surface area contributed by atoms with Gasteiger partial charge in [0, 0.05) is 36.1 Å². The van der Waals surface area contributed by atoms with Crippen molar-refractivity contribution < 1.29 is 14.7 Å². The van der Waals surface area contributed by atoms with Crippen LogP contribution in [0.15, 0.2) is 36.5 Å². The summed E-state index contributed by atoms with van der Waals surface area (Å²) in [5.74, 6) is -0.996. The van der Waals surface area contributed by atoms with Gasteiger partial charge in [0.25, 0.3) is 0 Å². The second-order valence-corrected chi connectivity index (χ2v) is 5.56. The number of carboxylic acids is 1. The molecule has 0 aliphatic carbocycles. The molecule has 2 amide bonds. The molecule has 3 rings (SSSR count). The minimum Gasteiger partial charge on any atom is -0.478 e. The Balaban J connectivity index is 1.79. The Morgan fingerprint density at radius 1 is 1.30 bits per heavy atom. The predicted molar refractivity (Wildman–Crippen MR) is 85.5 cm³/mol. The molecule has 118 valence electrons. The number of carbonyl (C=O) groups is 2. The molecule has 1 aromatic carbocycles. The van der Waals surface area contributed by atoms with Crippen LogP contribution in [0, 0.1) is 6.92 Å². The Bertz CT molecular complexity index is 773. The smallest absolute Gasteiger partial charge is 0.336 e. The molecule has 0 fully saturated rings. The molecule has 0 atom stereocenters. The maximum absolute atomic E-state index is 12.4. The van der Waals surface area contributed by atoms with Crippen molar-refractivity contribution in [2.45, 2.75) is 19.9 Å². The van der Waals surface area contributed by atoms with E-state index in [0.717, 1.165) is 16.9 Å². The van der Waals surface area contributed by atoms with Crippen LogP contribution in [0.4, 0.5) is 10.5 Å². The lowest BCUT2D eigenvalue weighted by atomic mass is 10.0. The van der Waals surface area contributed by atoms with E-state index in [2.05, 4.69) is 10.3 Å². The summed E-state index contributed by atoms with van der Waals surface area (Å²) >= 11 is 0. The summed E-state index contributed by atoms with van der Waals surface area (Å²) in [5.41, 5.74) is 3.37. The van der Waals surface area contributed by atoms with E-state index in [1.54, 1.807) is 4.90 Å². The fourth-order valence-electron chi connectivity index (χ4n) is 2.74. The topological polar surface area (TPSA) is 82.5 Å². The number of hydrogen-bond acceptors (Lipinski definition) is 3. The Morgan fingerprint density at radius 3 is 2.87 bits per heavy atom. The third-order valence-electron chi connectivity index (χ3n) is 3.90. The highest BCUT2D eigenvalue weighted by molar-refractivity contribution is 5.91. The van der Waals surface area contributed by atoms with Crippen molar-refractivity contribution in [1.82, 2.24) is 9.88 Å². The van der Waals surface area contributed by atoms with Crippen molar-refractivity contribution in [2.75, 3.05) is 11.9 Å². The van der Waals surface area contributed by atoms with Crippen LogP contribution in [-0.4, -0.2) is 33.5 Å². The van der Waals surface area contributed by atoms with Crippen molar-refractivity contribution in [2.24, 2.45) is 0 Å². The fourth-order valence-corrected chi connectivity index (χ4v) is 2.74. The normalized spacial score (nSPS) is 13.3. The van der Waals surface area contributed by atoms with E-state index < -0.39 is 5.97 Å². The van der Waals surface area contributed by atoms with Crippen molar-refractivity contribution in [3.05, 3.63) is 58.9 Å². The summed E-state index contributed by atoms with van der Waals surface area (Å²) in [5, 5.41) is 12.1. The molecule has 1 aromatic heterocycles. The van der Waals surface area contributed by atoms with Crippen LogP contribution in [-0.2, 0) is 13.0 Å². The second kappa shape index (κ2) is 6.08. The SMILES string of the molecule is Cc1cccc(NC(=O)N2CCc3nccc(C(=O)O)c3C2)c1. The molecule has 0 saturated carbocycles. The Morgan fingerprint density at radius 2 is 2.13 bits per heavy atom. The van der Waals surface area contributed by atoms with Gasteiger partial charge in [-0.2, -0.15) is 0 Å². The molecular weight excluding hydrogens is 294 g/mol. The average Bonchev–Trinajstić information content (AvgIpc) is 2.53. The first-order valence-corrected chi connectivity index (χ1v) is 7.37. The first-order valence-electron chi connectivity index (χ1n) is 7.37. The predicted octanol–water partition coefficient (Wildman–Crippen LogP) is 2.68. The number of nitrogens with one attached hydrogen (secondary N) is 1. The number of carboxylic acid groups (broad SMARTS) is 1. The van der Waals surface area contributed by atoms with Crippen LogP contribution < -0.4 is 5.32 Å². The molecule has 23 heavy (non-hydrogen) atoms. The van der Waals surface area contributed by atoms with Gasteiger partial charge in [-0.3, -0.25) is 4.98 Å². The third-order valence-corrected chi connectivity index (χ3v) is 3.90. The van der Waals surface area contributed by atoms with Crippen LogP contribution in [0.2, 0.25) is 0 Å². The number of rotatable bonds is 2. The minimum absolute atomic E-state index is 0.211. The molecule has 0 unspecified atom stereocenters. The van der Waals surface area contributed by atoms with Gasteiger partial charge in [0.05, 0.1) is 12.1 Å². The van der Waals surface area contributed by atoms with Gasteiger partial charge in [-0.25, -0.2) is 9.59 Å². The van der Waals surface area contributed by atoms with E-state index in [1.165, 1.54) is 12.3 Å². The van der Waals surface area contributed by atoms with Crippen LogP contribution in [0.25, 0.3) is 0 Å². The number of anilines is 1. The molecule has 2 N–H and O–H groups in total. The third kappa shape index (κ3) is 3.15. The summed E-state index contributed by atoms with van der Waals surface area (Å²) in [6.45, 7) is 2.72. The van der Waals surface area contributed by atoms with E-state index in [9.17, 15) is 14.7 Å². The highest BCUT2D eigenvalue weighted by Crippen LogP contribution is 2.22. The molecule has 6 nitrogen and oxygen atoms in total. The van der Waals surface area contributed by atoms with Crippen LogP contribution >= 0.6 is 0 Å². The number of nitrogens with zero attached hydrogens (tertiary/aromatic N) is 2. The van der Waals surface area contributed by atoms with Crippen LogP contribution in [0.3, 0.4) is 0 Å². The van der Waals surface area contributed by atoms with Gasteiger partial charge < -0.3 is 15.3 Å². The van der Waals surface area contributed by atoms with Crippen molar-refractivity contribution >= 4 is 17.7 Å². The van der Waals surface area contributed by atoms with Gasteiger partial charge in [0.1, 0.15) is 0 Å². The number of aromatic nitrogens is 1. The summed E-state index contributed by atoms with van der Waals surface area (Å²) in [6, 6.07) is 8.79. The number of benzene rings is 1. The second-order valence-electron chi connectivity index (χ2n) is 5.56. The molecule has 6 heteroatoms. The summed E-state index contributed by atoms with van der Waals surface area (Å²) in [4.78, 5) is 29.6. The van der Waals surface area contributed by atoms with E-state index in [4.69, 9.17) is 0 Å². The number of urea groups is 1. The number of hydrogen-bond donors (Lipinski definition) is 2. The molecule has 0 spiro atoms. The number of carbonyl (C=O) groups excluding carboxylic acids is 1. The first-order chi connectivity index (χ1) is 11.0. The Labute approximate surface area is 133 Å². The molecule has 2 heterocycles. The number of fused-ring (bicyclic) bond motifs is 1. The molecular formula is C17H17N3O3. The highest BCUT2D eigenvalue weighted by Gasteiger charge is 2.25. The molecule has 0 radical (unpaired) electrons. The fraction of sp³-hybridized carbons (Fsp3) is 0.235. The zero-order chi connectivity index (χ0) is 16.4. The first kappa shape index (κ1) is 15.0. The van der Waals surface area contributed by atoms with Crippen LogP contribution in [0.1, 0.15) is 27.2 Å². The van der Waals surface area contributed by atoms with E-state index >= 15 is 0 Å². The van der Waals surface area contributed by atoms with Crippen molar-refractivity contribution in [1.29, 1.82) is 0 Å². The van der Waals surface area contributed by atoms with Gasteiger partial charge in [0.2, 0.25) is 0 Å². The van der Waals surface area contributed by atoms with E-state index in [-0.39, 0.29) is 18.1 Å². The van der Waals surface area contributed by atoms with Gasteiger partial charge >= 0.3 is 12.0 Å². The molecule has 1 aliphatic rings. The zero-order valence-electron chi connectivity index (χ0n) is 12.7. The summed E-state index contributed by atoms with van der Waals surface area (Å²) < 4.78 is 0. The molecule has 0 bridgehead atoms. The summed E-state index contributed by atoms with van der Waals surface area (Å²) in [6.07, 6.45) is 2.06. The Hall–Kier alpha value is -2.89. The van der Waals surface area contributed by atoms with Gasteiger partial charge in [-0.15, -0.1) is 0 Å². The van der Waals surface area contributed by atoms with Gasteiger partial charge in [0.15, 0.2) is 0 Å². The van der Waals surface area contributed by atoms with E-state index in [0.29, 0.717) is 18.5 Å². The quantitative estimate of drug-likeness (QED) is 0.893. The number of amides is 2. The monoisotopic (exact) mass is 311 g/mol. The molecule has 2 aromatic rings. The number of aromatic carboxylic acids is 1. The number of pyridine rings is 1. The lowest BCUT2D eigenvalue weighted by Gasteiger charge is -2.29. The Kier molecular flexibility index (Phi) is 3.97. The van der Waals surface area contributed by atoms with Crippen molar-refractivity contribution in [3.63, 3.8) is 0 Å². The largest absolute Gasteiger partial charge is 0.478 e. The minimum atomic E-state index is -0.996. The van der Waals surface area contributed by atoms with E-state index in [1.807, 2.05) is 31.2 Å². The number of aryl methyl sites for hydroxylation is 1.